The molecule has 0 saturated heterocycles. The fraction of sp³-hybridized carbons (Fsp3) is 0.286. The van der Waals surface area contributed by atoms with Gasteiger partial charge in [0.1, 0.15) is 0 Å². The molecule has 31 heavy (non-hydrogen) atoms. The van der Waals surface area contributed by atoms with E-state index in [0.29, 0.717) is 17.6 Å². The SMILES string of the molecule is CC(C)NC(=O)c1ccc2c(c1)ncn2CCNC(=O)Nc1cccc(C(F)(F)F)c1. The van der Waals surface area contributed by atoms with Crippen molar-refractivity contribution in [1.82, 2.24) is 20.2 Å². The van der Waals surface area contributed by atoms with Gasteiger partial charge in [0.25, 0.3) is 5.91 Å². The average molecular weight is 433 g/mol. The van der Waals surface area contributed by atoms with Crippen LogP contribution in [0.15, 0.2) is 48.8 Å². The third-order valence-corrected chi connectivity index (χ3v) is 4.39. The lowest BCUT2D eigenvalue weighted by atomic mass is 10.2. The number of fused-ring (bicyclic) bond motifs is 1. The van der Waals surface area contributed by atoms with Gasteiger partial charge in [0.05, 0.1) is 22.9 Å². The Morgan fingerprint density at radius 3 is 2.61 bits per heavy atom. The second-order valence-electron chi connectivity index (χ2n) is 7.23. The van der Waals surface area contributed by atoms with Crippen LogP contribution in [0.5, 0.6) is 0 Å². The predicted octanol–water partition coefficient (Wildman–Crippen LogP) is 4.02. The maximum Gasteiger partial charge on any atom is 0.416 e. The lowest BCUT2D eigenvalue weighted by Crippen LogP contribution is -2.31. The van der Waals surface area contributed by atoms with Crippen molar-refractivity contribution in [2.75, 3.05) is 11.9 Å². The van der Waals surface area contributed by atoms with Crippen LogP contribution < -0.4 is 16.0 Å². The third-order valence-electron chi connectivity index (χ3n) is 4.39. The summed E-state index contributed by atoms with van der Waals surface area (Å²) in [5, 5.41) is 7.81. The van der Waals surface area contributed by atoms with Crippen LogP contribution >= 0.6 is 0 Å². The summed E-state index contributed by atoms with van der Waals surface area (Å²) in [6.07, 6.45) is -2.88. The summed E-state index contributed by atoms with van der Waals surface area (Å²) in [6, 6.07) is 8.99. The Bertz CT molecular complexity index is 1090. The van der Waals surface area contributed by atoms with Gasteiger partial charge in [0, 0.05) is 30.4 Å². The number of halogens is 3. The number of anilines is 1. The molecular weight excluding hydrogens is 411 g/mol. The number of amides is 3. The number of hydrogen-bond donors (Lipinski definition) is 3. The van der Waals surface area contributed by atoms with E-state index >= 15 is 0 Å². The molecule has 0 unspecified atom stereocenters. The highest BCUT2D eigenvalue weighted by molar-refractivity contribution is 5.97. The Hall–Kier alpha value is -3.56. The quantitative estimate of drug-likeness (QED) is 0.549. The summed E-state index contributed by atoms with van der Waals surface area (Å²) in [7, 11) is 0. The smallest absolute Gasteiger partial charge is 0.350 e. The van der Waals surface area contributed by atoms with Gasteiger partial charge in [0.15, 0.2) is 0 Å². The molecule has 0 radical (unpaired) electrons. The highest BCUT2D eigenvalue weighted by Gasteiger charge is 2.30. The van der Waals surface area contributed by atoms with E-state index in [9.17, 15) is 22.8 Å². The minimum atomic E-state index is -4.48. The second-order valence-corrected chi connectivity index (χ2v) is 7.23. The van der Waals surface area contributed by atoms with Crippen LogP contribution in [0.2, 0.25) is 0 Å². The monoisotopic (exact) mass is 433 g/mol. The van der Waals surface area contributed by atoms with Crippen molar-refractivity contribution in [2.24, 2.45) is 0 Å². The summed E-state index contributed by atoms with van der Waals surface area (Å²) in [5.74, 6) is -0.181. The number of carbonyl (C=O) groups excluding carboxylic acids is 2. The first-order valence-electron chi connectivity index (χ1n) is 9.61. The van der Waals surface area contributed by atoms with Gasteiger partial charge in [-0.15, -0.1) is 0 Å². The molecule has 3 rings (SSSR count). The molecule has 0 atom stereocenters. The van der Waals surface area contributed by atoms with Gasteiger partial charge in [-0.3, -0.25) is 4.79 Å². The molecule has 0 aliphatic heterocycles. The van der Waals surface area contributed by atoms with E-state index in [0.717, 1.165) is 17.6 Å². The molecular formula is C21H22F3N5O2. The first-order chi connectivity index (χ1) is 14.6. The first-order valence-corrected chi connectivity index (χ1v) is 9.61. The number of carbonyl (C=O) groups is 2. The Morgan fingerprint density at radius 1 is 1.13 bits per heavy atom. The van der Waals surface area contributed by atoms with E-state index in [-0.39, 0.29) is 24.2 Å². The maximum absolute atomic E-state index is 12.8. The Labute approximate surface area is 176 Å². The predicted molar refractivity (Wildman–Crippen MR) is 111 cm³/mol. The minimum Gasteiger partial charge on any atom is -0.350 e. The number of hydrogen-bond acceptors (Lipinski definition) is 3. The van der Waals surface area contributed by atoms with Crippen molar-refractivity contribution in [2.45, 2.75) is 32.6 Å². The molecule has 0 aliphatic rings. The first kappa shape index (κ1) is 22.1. The summed E-state index contributed by atoms with van der Waals surface area (Å²) in [6.45, 7) is 4.37. The molecule has 3 aromatic rings. The second kappa shape index (κ2) is 9.07. The standard InChI is InChI=1S/C21H22F3N5O2/c1-13(2)27-19(30)14-6-7-18-17(10-14)26-12-29(18)9-8-25-20(31)28-16-5-3-4-15(11-16)21(22,23)24/h3-7,10-13H,8-9H2,1-2H3,(H,27,30)(H2,25,28,31). The van der Waals surface area contributed by atoms with Gasteiger partial charge in [-0.05, 0) is 50.2 Å². The molecule has 0 saturated carbocycles. The zero-order valence-corrected chi connectivity index (χ0v) is 17.0. The van der Waals surface area contributed by atoms with Gasteiger partial charge in [-0.1, -0.05) is 6.07 Å². The number of nitrogens with one attached hydrogen (secondary N) is 3. The average Bonchev–Trinajstić information content (AvgIpc) is 3.09. The van der Waals surface area contributed by atoms with Crippen molar-refractivity contribution < 1.29 is 22.8 Å². The Balaban J connectivity index is 1.57. The number of rotatable bonds is 6. The third kappa shape index (κ3) is 5.74. The van der Waals surface area contributed by atoms with E-state index in [1.165, 1.54) is 12.1 Å². The molecule has 1 heterocycles. The molecule has 1 aromatic heterocycles. The van der Waals surface area contributed by atoms with Crippen LogP contribution in [-0.4, -0.2) is 34.1 Å². The number of imidazole rings is 1. The summed E-state index contributed by atoms with van der Waals surface area (Å²) < 4.78 is 40.1. The number of benzene rings is 2. The maximum atomic E-state index is 12.8. The van der Waals surface area contributed by atoms with Crippen LogP contribution in [0.25, 0.3) is 11.0 Å². The number of urea groups is 1. The number of aromatic nitrogens is 2. The molecule has 3 N–H and O–H groups in total. The fourth-order valence-corrected chi connectivity index (χ4v) is 2.97. The van der Waals surface area contributed by atoms with Crippen LogP contribution in [0.1, 0.15) is 29.8 Å². The molecule has 0 spiro atoms. The molecule has 0 aliphatic carbocycles. The highest BCUT2D eigenvalue weighted by atomic mass is 19.4. The summed E-state index contributed by atoms with van der Waals surface area (Å²) in [5.41, 5.74) is 1.15. The summed E-state index contributed by atoms with van der Waals surface area (Å²) in [4.78, 5) is 28.4. The van der Waals surface area contributed by atoms with Crippen LogP contribution in [0.3, 0.4) is 0 Å². The molecule has 7 nitrogen and oxygen atoms in total. The largest absolute Gasteiger partial charge is 0.416 e. The molecule has 2 aromatic carbocycles. The van der Waals surface area contributed by atoms with Crippen molar-refractivity contribution in [3.8, 4) is 0 Å². The normalized spacial score (nSPS) is 11.5. The van der Waals surface area contributed by atoms with Crippen molar-refractivity contribution in [3.63, 3.8) is 0 Å². The molecule has 164 valence electrons. The minimum absolute atomic E-state index is 0.0221. The Morgan fingerprint density at radius 2 is 1.90 bits per heavy atom. The fourth-order valence-electron chi connectivity index (χ4n) is 2.97. The lowest BCUT2D eigenvalue weighted by Gasteiger charge is -2.11. The van der Waals surface area contributed by atoms with E-state index in [2.05, 4.69) is 20.9 Å². The highest BCUT2D eigenvalue weighted by Crippen LogP contribution is 2.30. The van der Waals surface area contributed by atoms with Gasteiger partial charge in [0.2, 0.25) is 0 Å². The molecule has 0 bridgehead atoms. The van der Waals surface area contributed by atoms with Crippen LogP contribution in [0, 0.1) is 0 Å². The van der Waals surface area contributed by atoms with Crippen molar-refractivity contribution >= 4 is 28.7 Å². The molecule has 0 fully saturated rings. The van der Waals surface area contributed by atoms with Gasteiger partial charge >= 0.3 is 12.2 Å². The van der Waals surface area contributed by atoms with E-state index < -0.39 is 17.8 Å². The molecule has 10 heteroatoms. The topological polar surface area (TPSA) is 88.1 Å². The lowest BCUT2D eigenvalue weighted by molar-refractivity contribution is -0.137. The zero-order valence-electron chi connectivity index (χ0n) is 17.0. The van der Waals surface area contributed by atoms with E-state index in [4.69, 9.17) is 0 Å². The van der Waals surface area contributed by atoms with E-state index in [1.54, 1.807) is 24.5 Å². The van der Waals surface area contributed by atoms with Crippen molar-refractivity contribution in [1.29, 1.82) is 0 Å². The number of nitrogens with zero attached hydrogens (tertiary/aromatic N) is 2. The summed E-state index contributed by atoms with van der Waals surface area (Å²) >= 11 is 0. The van der Waals surface area contributed by atoms with E-state index in [1.807, 2.05) is 18.4 Å². The van der Waals surface area contributed by atoms with Crippen LogP contribution in [-0.2, 0) is 12.7 Å². The van der Waals surface area contributed by atoms with Crippen LogP contribution in [0.4, 0.5) is 23.7 Å². The number of alkyl halides is 3. The zero-order chi connectivity index (χ0) is 22.6. The van der Waals surface area contributed by atoms with Gasteiger partial charge in [-0.25, -0.2) is 9.78 Å². The van der Waals surface area contributed by atoms with Gasteiger partial charge in [-0.2, -0.15) is 13.2 Å². The Kier molecular flexibility index (Phi) is 6.47. The molecule has 3 amide bonds. The van der Waals surface area contributed by atoms with Crippen molar-refractivity contribution in [3.05, 3.63) is 59.9 Å². The van der Waals surface area contributed by atoms with Gasteiger partial charge < -0.3 is 20.5 Å².